The molecule has 0 aromatic heterocycles. The fraction of sp³-hybridized carbons (Fsp3) is 0.0435. The minimum absolute atomic E-state index is 0.124. The van der Waals surface area contributed by atoms with Crippen LogP contribution >= 0.6 is 15.9 Å². The van der Waals surface area contributed by atoms with E-state index in [9.17, 15) is 24.1 Å². The molecular weight excluding hydrogens is 497 g/mol. The van der Waals surface area contributed by atoms with Crippen molar-refractivity contribution < 1.29 is 23.6 Å². The highest BCUT2D eigenvalue weighted by molar-refractivity contribution is 9.10. The van der Waals surface area contributed by atoms with Crippen molar-refractivity contribution in [1.29, 1.82) is 0 Å². The molecule has 33 heavy (non-hydrogen) atoms. The molecule has 0 fully saturated rings. The Morgan fingerprint density at radius 1 is 1.09 bits per heavy atom. The summed E-state index contributed by atoms with van der Waals surface area (Å²) in [5.41, 5.74) is 0.483. The van der Waals surface area contributed by atoms with E-state index in [0.717, 1.165) is 6.07 Å². The largest absolute Gasteiger partial charge is 0.496 e. The Morgan fingerprint density at radius 3 is 2.45 bits per heavy atom. The van der Waals surface area contributed by atoms with E-state index in [-0.39, 0.29) is 28.4 Å². The van der Waals surface area contributed by atoms with Crippen molar-refractivity contribution >= 4 is 45.2 Å². The zero-order valence-electron chi connectivity index (χ0n) is 17.2. The van der Waals surface area contributed by atoms with Gasteiger partial charge in [0.15, 0.2) is 0 Å². The van der Waals surface area contributed by atoms with E-state index < -0.39 is 22.6 Å². The second-order valence-electron chi connectivity index (χ2n) is 6.67. The number of benzene rings is 3. The maximum absolute atomic E-state index is 13.5. The van der Waals surface area contributed by atoms with E-state index in [0.29, 0.717) is 10.0 Å². The number of amides is 2. The zero-order chi connectivity index (χ0) is 24.0. The molecule has 0 unspecified atom stereocenters. The number of halogens is 2. The number of nitrogens with zero attached hydrogens (tertiary/aromatic N) is 1. The summed E-state index contributed by atoms with van der Waals surface area (Å²) in [5.74, 6) is -1.61. The first-order chi connectivity index (χ1) is 15.8. The van der Waals surface area contributed by atoms with Crippen LogP contribution in [0.25, 0.3) is 6.08 Å². The molecule has 0 aliphatic rings. The molecule has 168 valence electrons. The van der Waals surface area contributed by atoms with Crippen molar-refractivity contribution in [1.82, 2.24) is 5.32 Å². The number of nitro benzene ring substituents is 1. The fourth-order valence-electron chi connectivity index (χ4n) is 2.83. The normalized spacial score (nSPS) is 10.9. The van der Waals surface area contributed by atoms with Crippen LogP contribution in [0.15, 0.2) is 76.9 Å². The van der Waals surface area contributed by atoms with Crippen LogP contribution in [0.5, 0.6) is 5.75 Å². The van der Waals surface area contributed by atoms with Crippen molar-refractivity contribution in [3.8, 4) is 5.75 Å². The van der Waals surface area contributed by atoms with Gasteiger partial charge >= 0.3 is 0 Å². The number of ether oxygens (including phenoxy) is 1. The van der Waals surface area contributed by atoms with Crippen LogP contribution in [0.3, 0.4) is 0 Å². The second-order valence-corrected chi connectivity index (χ2v) is 7.59. The van der Waals surface area contributed by atoms with Crippen LogP contribution in [-0.2, 0) is 4.79 Å². The van der Waals surface area contributed by atoms with Gasteiger partial charge in [-0.15, -0.1) is 0 Å². The number of nitro groups is 1. The van der Waals surface area contributed by atoms with E-state index in [4.69, 9.17) is 4.74 Å². The molecule has 3 aromatic rings. The minimum atomic E-state index is -0.721. The summed E-state index contributed by atoms with van der Waals surface area (Å²) in [5, 5.41) is 15.9. The quantitative estimate of drug-likeness (QED) is 0.264. The topological polar surface area (TPSA) is 111 Å². The molecule has 0 heterocycles. The molecule has 3 aromatic carbocycles. The number of hydrogen-bond donors (Lipinski definition) is 2. The second kappa shape index (κ2) is 10.5. The highest BCUT2D eigenvalue weighted by atomic mass is 79.9. The van der Waals surface area contributed by atoms with Crippen LogP contribution in [0.1, 0.15) is 15.9 Å². The van der Waals surface area contributed by atoms with Crippen LogP contribution in [0.4, 0.5) is 15.8 Å². The SMILES string of the molecule is COc1ccc(Br)cc1C(=O)NC(=Cc1ccc([N+](=O)[O-])cc1)C(=O)Nc1cccc(F)c1. The lowest BCUT2D eigenvalue weighted by Gasteiger charge is -2.13. The van der Waals surface area contributed by atoms with Gasteiger partial charge < -0.3 is 15.4 Å². The molecular formula is C23H17BrFN3O5. The maximum Gasteiger partial charge on any atom is 0.272 e. The van der Waals surface area contributed by atoms with Gasteiger partial charge in [0, 0.05) is 22.3 Å². The molecule has 0 radical (unpaired) electrons. The third-order valence-corrected chi connectivity index (χ3v) is 4.89. The third-order valence-electron chi connectivity index (χ3n) is 4.40. The number of carbonyl (C=O) groups is 2. The predicted molar refractivity (Wildman–Crippen MR) is 124 cm³/mol. The van der Waals surface area contributed by atoms with Gasteiger partial charge in [-0.3, -0.25) is 19.7 Å². The monoisotopic (exact) mass is 513 g/mol. The molecule has 0 saturated carbocycles. The van der Waals surface area contributed by atoms with Crippen molar-refractivity contribution in [3.63, 3.8) is 0 Å². The van der Waals surface area contributed by atoms with E-state index in [1.165, 1.54) is 61.7 Å². The molecule has 0 aliphatic heterocycles. The summed E-state index contributed by atoms with van der Waals surface area (Å²) in [6, 6.07) is 15.5. The number of non-ortho nitro benzene ring substituents is 1. The lowest BCUT2D eigenvalue weighted by molar-refractivity contribution is -0.384. The number of anilines is 1. The molecule has 0 spiro atoms. The van der Waals surface area contributed by atoms with Gasteiger partial charge in [0.2, 0.25) is 0 Å². The summed E-state index contributed by atoms with van der Waals surface area (Å²) in [6.45, 7) is 0. The maximum atomic E-state index is 13.5. The molecule has 0 aliphatic carbocycles. The fourth-order valence-corrected chi connectivity index (χ4v) is 3.19. The average molecular weight is 514 g/mol. The molecule has 0 saturated heterocycles. The highest BCUT2D eigenvalue weighted by Crippen LogP contribution is 2.23. The Balaban J connectivity index is 1.95. The molecule has 2 N–H and O–H groups in total. The van der Waals surface area contributed by atoms with E-state index in [1.54, 1.807) is 12.1 Å². The van der Waals surface area contributed by atoms with Crippen LogP contribution in [-0.4, -0.2) is 23.8 Å². The lowest BCUT2D eigenvalue weighted by atomic mass is 10.1. The summed E-state index contributed by atoms with van der Waals surface area (Å²) < 4.78 is 19.4. The predicted octanol–water partition coefficient (Wildman–Crippen LogP) is 4.91. The number of methoxy groups -OCH3 is 1. The van der Waals surface area contributed by atoms with Crippen molar-refractivity contribution in [2.24, 2.45) is 0 Å². The summed E-state index contributed by atoms with van der Waals surface area (Å²) in [7, 11) is 1.41. The Labute approximate surface area is 196 Å². The van der Waals surface area contributed by atoms with E-state index in [1.807, 2.05) is 0 Å². The molecule has 10 heteroatoms. The average Bonchev–Trinajstić information content (AvgIpc) is 2.78. The highest BCUT2D eigenvalue weighted by Gasteiger charge is 2.19. The standard InChI is InChI=1S/C23H17BrFN3O5/c1-33-21-10-7-15(24)12-19(21)22(29)27-20(11-14-5-8-18(9-6-14)28(31)32)23(30)26-17-4-2-3-16(25)13-17/h2-13H,1H3,(H,26,30)(H,27,29). The first kappa shape index (κ1) is 23.6. The van der Waals surface area contributed by atoms with Gasteiger partial charge in [0.1, 0.15) is 17.3 Å². The Hall–Kier alpha value is -4.05. The van der Waals surface area contributed by atoms with Crippen LogP contribution in [0.2, 0.25) is 0 Å². The molecule has 0 atom stereocenters. The molecule has 2 amide bonds. The van der Waals surface area contributed by atoms with Crippen molar-refractivity contribution in [2.75, 3.05) is 12.4 Å². The third kappa shape index (κ3) is 6.23. The van der Waals surface area contributed by atoms with Crippen LogP contribution < -0.4 is 15.4 Å². The van der Waals surface area contributed by atoms with E-state index >= 15 is 0 Å². The number of hydrogen-bond acceptors (Lipinski definition) is 5. The number of nitrogens with one attached hydrogen (secondary N) is 2. The Bertz CT molecular complexity index is 1250. The summed E-state index contributed by atoms with van der Waals surface area (Å²) >= 11 is 3.29. The summed E-state index contributed by atoms with van der Waals surface area (Å²) in [6.07, 6.45) is 1.35. The van der Waals surface area contributed by atoms with Crippen molar-refractivity contribution in [3.05, 3.63) is 104 Å². The van der Waals surface area contributed by atoms with Gasteiger partial charge in [-0.25, -0.2) is 4.39 Å². The van der Waals surface area contributed by atoms with Crippen LogP contribution in [0, 0.1) is 15.9 Å². The first-order valence-corrected chi connectivity index (χ1v) is 10.2. The van der Waals surface area contributed by atoms with Crippen molar-refractivity contribution in [2.45, 2.75) is 0 Å². The Kier molecular flexibility index (Phi) is 7.52. The molecule has 0 bridgehead atoms. The zero-order valence-corrected chi connectivity index (χ0v) is 18.8. The number of rotatable bonds is 7. The molecule has 8 nitrogen and oxygen atoms in total. The minimum Gasteiger partial charge on any atom is -0.496 e. The van der Waals surface area contributed by atoms with Gasteiger partial charge in [0.25, 0.3) is 17.5 Å². The van der Waals surface area contributed by atoms with Gasteiger partial charge in [0.05, 0.1) is 17.6 Å². The lowest BCUT2D eigenvalue weighted by Crippen LogP contribution is -2.31. The smallest absolute Gasteiger partial charge is 0.272 e. The van der Waals surface area contributed by atoms with Gasteiger partial charge in [-0.1, -0.05) is 22.0 Å². The Morgan fingerprint density at radius 2 is 1.82 bits per heavy atom. The van der Waals surface area contributed by atoms with Gasteiger partial charge in [-0.05, 0) is 60.2 Å². The number of carbonyl (C=O) groups excluding carboxylic acids is 2. The first-order valence-electron chi connectivity index (χ1n) is 9.45. The van der Waals surface area contributed by atoms with Gasteiger partial charge in [-0.2, -0.15) is 0 Å². The van der Waals surface area contributed by atoms with E-state index in [2.05, 4.69) is 26.6 Å². The summed E-state index contributed by atoms with van der Waals surface area (Å²) in [4.78, 5) is 36.2. The molecule has 3 rings (SSSR count).